The van der Waals surface area contributed by atoms with Crippen molar-refractivity contribution in [3.8, 4) is 5.69 Å². The molecule has 112 valence electrons. The van der Waals surface area contributed by atoms with E-state index < -0.39 is 11.5 Å². The molecule has 1 heterocycles. The lowest BCUT2D eigenvalue weighted by molar-refractivity contribution is 0.536. The summed E-state index contributed by atoms with van der Waals surface area (Å²) in [6.45, 7) is 7.57. The van der Waals surface area contributed by atoms with Gasteiger partial charge in [0.1, 0.15) is 5.82 Å². The van der Waals surface area contributed by atoms with Crippen LogP contribution in [0.25, 0.3) is 5.69 Å². The van der Waals surface area contributed by atoms with Crippen LogP contribution in [0, 0.1) is 5.82 Å². The maximum absolute atomic E-state index is 13.0. The maximum atomic E-state index is 13.0. The molecule has 0 fully saturated rings. The van der Waals surface area contributed by atoms with Crippen molar-refractivity contribution in [3.63, 3.8) is 0 Å². The summed E-state index contributed by atoms with van der Waals surface area (Å²) in [5, 5.41) is 0. The molecular weight excluding hydrogens is 271 g/mol. The fourth-order valence-electron chi connectivity index (χ4n) is 2.18. The van der Waals surface area contributed by atoms with Gasteiger partial charge in [-0.3, -0.25) is 9.36 Å². The monoisotopic (exact) mass is 290 g/mol. The summed E-state index contributed by atoms with van der Waals surface area (Å²) in [4.78, 5) is 25.1. The van der Waals surface area contributed by atoms with E-state index in [1.807, 2.05) is 27.7 Å². The predicted molar refractivity (Wildman–Crippen MR) is 80.7 cm³/mol. The Labute approximate surface area is 122 Å². The molecular formula is C16H19FN2O2. The van der Waals surface area contributed by atoms with Crippen LogP contribution in [0.5, 0.6) is 0 Å². The van der Waals surface area contributed by atoms with Crippen molar-refractivity contribution >= 4 is 0 Å². The fraction of sp³-hybridized carbons (Fsp3) is 0.375. The highest BCUT2D eigenvalue weighted by atomic mass is 19.1. The summed E-state index contributed by atoms with van der Waals surface area (Å²) < 4.78 is 15.7. The average Bonchev–Trinajstić information content (AvgIpc) is 2.40. The first-order chi connectivity index (χ1) is 9.82. The summed E-state index contributed by atoms with van der Waals surface area (Å²) in [5.41, 5.74) is 0.181. The summed E-state index contributed by atoms with van der Waals surface area (Å²) in [6, 6.07) is 5.29. The average molecular weight is 290 g/mol. The van der Waals surface area contributed by atoms with E-state index in [9.17, 15) is 14.0 Å². The largest absolute Gasteiger partial charge is 0.335 e. The molecule has 0 bridgehead atoms. The Morgan fingerprint density at radius 3 is 2.05 bits per heavy atom. The summed E-state index contributed by atoms with van der Waals surface area (Å²) in [6.07, 6.45) is 1.63. The Morgan fingerprint density at radius 1 is 1.00 bits per heavy atom. The van der Waals surface area contributed by atoms with E-state index in [1.54, 1.807) is 6.20 Å². The van der Waals surface area contributed by atoms with Crippen molar-refractivity contribution in [2.45, 2.75) is 39.7 Å². The van der Waals surface area contributed by atoms with Crippen molar-refractivity contribution in [1.29, 1.82) is 0 Å². The molecule has 4 nitrogen and oxygen atoms in total. The van der Waals surface area contributed by atoms with Crippen LogP contribution in [0.15, 0.2) is 40.1 Å². The second kappa shape index (κ2) is 5.68. The molecule has 0 aliphatic heterocycles. The Morgan fingerprint density at radius 2 is 1.57 bits per heavy atom. The second-order valence-electron chi connectivity index (χ2n) is 5.64. The van der Waals surface area contributed by atoms with E-state index in [1.165, 1.54) is 28.8 Å². The van der Waals surface area contributed by atoms with Crippen LogP contribution < -0.4 is 11.2 Å². The van der Waals surface area contributed by atoms with Crippen molar-refractivity contribution < 1.29 is 4.39 Å². The summed E-state index contributed by atoms with van der Waals surface area (Å²) in [5.74, 6) is -0.411. The minimum absolute atomic E-state index is 0.00482. The van der Waals surface area contributed by atoms with Crippen molar-refractivity contribution in [3.05, 3.63) is 62.7 Å². The molecule has 5 heteroatoms. The van der Waals surface area contributed by atoms with Crippen LogP contribution >= 0.6 is 0 Å². The molecule has 0 saturated carbocycles. The van der Waals surface area contributed by atoms with Crippen LogP contribution in [-0.4, -0.2) is 9.13 Å². The van der Waals surface area contributed by atoms with Crippen LogP contribution in [0.3, 0.4) is 0 Å². The molecule has 0 aliphatic rings. The Bertz CT molecular complexity index is 715. The van der Waals surface area contributed by atoms with E-state index in [4.69, 9.17) is 0 Å². The van der Waals surface area contributed by atoms with Gasteiger partial charge in [-0.2, -0.15) is 0 Å². The SMILES string of the molecule is CC(C)c1cn(C(C)C)c(=O)n(-c2ccc(F)cc2)c1=O. The molecule has 0 amide bonds. The summed E-state index contributed by atoms with van der Waals surface area (Å²) in [7, 11) is 0. The molecule has 0 spiro atoms. The van der Waals surface area contributed by atoms with Gasteiger partial charge in [0, 0.05) is 17.8 Å². The van der Waals surface area contributed by atoms with Gasteiger partial charge < -0.3 is 0 Å². The van der Waals surface area contributed by atoms with Gasteiger partial charge in [-0.1, -0.05) is 13.8 Å². The lowest BCUT2D eigenvalue weighted by atomic mass is 10.1. The van der Waals surface area contributed by atoms with Gasteiger partial charge in [0.2, 0.25) is 0 Å². The van der Waals surface area contributed by atoms with Crippen LogP contribution in [0.2, 0.25) is 0 Å². The molecule has 0 N–H and O–H groups in total. The third-order valence-corrected chi connectivity index (χ3v) is 3.40. The minimum atomic E-state index is -0.411. The zero-order valence-corrected chi connectivity index (χ0v) is 12.6. The number of nitrogens with zero attached hydrogens (tertiary/aromatic N) is 2. The van der Waals surface area contributed by atoms with Crippen molar-refractivity contribution in [2.75, 3.05) is 0 Å². The van der Waals surface area contributed by atoms with Gasteiger partial charge in [0.05, 0.1) is 5.69 Å². The highest BCUT2D eigenvalue weighted by molar-refractivity contribution is 5.33. The van der Waals surface area contributed by atoms with Gasteiger partial charge in [0.25, 0.3) is 5.56 Å². The first kappa shape index (κ1) is 15.2. The van der Waals surface area contributed by atoms with Crippen LogP contribution in [0.1, 0.15) is 45.2 Å². The first-order valence-corrected chi connectivity index (χ1v) is 6.97. The third kappa shape index (κ3) is 2.82. The predicted octanol–water partition coefficient (Wildman–Crippen LogP) is 2.84. The molecule has 1 aromatic carbocycles. The number of halogens is 1. The molecule has 0 unspecified atom stereocenters. The van der Waals surface area contributed by atoms with E-state index in [-0.39, 0.29) is 17.5 Å². The van der Waals surface area contributed by atoms with E-state index in [0.717, 1.165) is 4.57 Å². The van der Waals surface area contributed by atoms with E-state index in [0.29, 0.717) is 11.3 Å². The van der Waals surface area contributed by atoms with Gasteiger partial charge >= 0.3 is 5.69 Å². The second-order valence-corrected chi connectivity index (χ2v) is 5.64. The zero-order valence-electron chi connectivity index (χ0n) is 12.6. The van der Waals surface area contributed by atoms with Crippen molar-refractivity contribution in [1.82, 2.24) is 9.13 Å². The molecule has 2 rings (SSSR count). The quantitative estimate of drug-likeness (QED) is 0.872. The normalized spacial score (nSPS) is 11.4. The maximum Gasteiger partial charge on any atom is 0.335 e. The van der Waals surface area contributed by atoms with Gasteiger partial charge in [-0.15, -0.1) is 0 Å². The van der Waals surface area contributed by atoms with Crippen LogP contribution in [-0.2, 0) is 0 Å². The first-order valence-electron chi connectivity index (χ1n) is 6.97. The minimum Gasteiger partial charge on any atom is -0.297 e. The topological polar surface area (TPSA) is 44.0 Å². The molecule has 1 aromatic heterocycles. The standard InChI is InChI=1S/C16H19FN2O2/c1-10(2)14-9-18(11(3)4)16(21)19(15(14)20)13-7-5-12(17)6-8-13/h5-11H,1-4H3. The third-order valence-electron chi connectivity index (χ3n) is 3.40. The number of rotatable bonds is 3. The van der Waals surface area contributed by atoms with Gasteiger partial charge in [0.15, 0.2) is 0 Å². The molecule has 0 aliphatic carbocycles. The fourth-order valence-corrected chi connectivity index (χ4v) is 2.18. The van der Waals surface area contributed by atoms with E-state index in [2.05, 4.69) is 0 Å². The van der Waals surface area contributed by atoms with Gasteiger partial charge in [-0.05, 0) is 44.0 Å². The Hall–Kier alpha value is -2.17. The zero-order chi connectivity index (χ0) is 15.7. The van der Waals surface area contributed by atoms with Gasteiger partial charge in [-0.25, -0.2) is 13.8 Å². The number of benzene rings is 1. The Balaban J connectivity index is 2.83. The Kier molecular flexibility index (Phi) is 4.11. The van der Waals surface area contributed by atoms with E-state index >= 15 is 0 Å². The lowest BCUT2D eigenvalue weighted by Gasteiger charge is -2.17. The van der Waals surface area contributed by atoms with Crippen molar-refractivity contribution in [2.24, 2.45) is 0 Å². The molecule has 21 heavy (non-hydrogen) atoms. The smallest absolute Gasteiger partial charge is 0.297 e. The number of hydrogen-bond donors (Lipinski definition) is 0. The number of hydrogen-bond acceptors (Lipinski definition) is 2. The molecule has 0 radical (unpaired) electrons. The highest BCUT2D eigenvalue weighted by Gasteiger charge is 2.16. The molecule has 0 atom stereocenters. The number of aromatic nitrogens is 2. The molecule has 2 aromatic rings. The highest BCUT2D eigenvalue weighted by Crippen LogP contribution is 2.12. The van der Waals surface area contributed by atoms with Crippen LogP contribution in [0.4, 0.5) is 4.39 Å². The summed E-state index contributed by atoms with van der Waals surface area (Å²) >= 11 is 0. The lowest BCUT2D eigenvalue weighted by Crippen LogP contribution is -2.41. The molecule has 0 saturated heterocycles.